The molecular formula is C12H18BrNO2. The third-order valence-corrected chi connectivity index (χ3v) is 4.22. The molecule has 3 nitrogen and oxygen atoms in total. The van der Waals surface area contributed by atoms with Crippen LogP contribution in [0, 0.1) is 0 Å². The fourth-order valence-electron chi connectivity index (χ4n) is 2.05. The van der Waals surface area contributed by atoms with E-state index >= 15 is 0 Å². The second-order valence-corrected chi connectivity index (χ2v) is 4.98. The molecule has 2 rings (SSSR count). The van der Waals surface area contributed by atoms with Crippen molar-refractivity contribution < 1.29 is 9.47 Å². The van der Waals surface area contributed by atoms with Gasteiger partial charge in [-0.05, 0) is 13.0 Å². The topological polar surface area (TPSA) is 30.5 Å². The second kappa shape index (κ2) is 4.51. The van der Waals surface area contributed by atoms with Crippen LogP contribution in [0.5, 0.6) is 0 Å². The minimum atomic E-state index is -0.561. The van der Waals surface area contributed by atoms with Crippen molar-refractivity contribution in [2.75, 3.05) is 18.5 Å². The monoisotopic (exact) mass is 287 g/mol. The number of rotatable bonds is 3. The van der Waals surface area contributed by atoms with Gasteiger partial charge in [0.05, 0.1) is 24.4 Å². The molecule has 2 aliphatic rings. The number of alkyl halides is 1. The van der Waals surface area contributed by atoms with E-state index in [1.807, 2.05) is 6.08 Å². The third kappa shape index (κ3) is 2.06. The Balaban J connectivity index is 2.21. The number of hydrogen-bond acceptors (Lipinski definition) is 3. The van der Waals surface area contributed by atoms with E-state index in [2.05, 4.69) is 47.2 Å². The van der Waals surface area contributed by atoms with Crippen LogP contribution in [-0.2, 0) is 9.47 Å². The number of nitrogens with one attached hydrogen (secondary N) is 1. The summed E-state index contributed by atoms with van der Waals surface area (Å²) in [5.41, 5.74) is 0.957. The molecule has 0 aromatic rings. The molecule has 0 aromatic heterocycles. The molecular weight excluding hydrogens is 270 g/mol. The van der Waals surface area contributed by atoms with Crippen LogP contribution in [0.1, 0.15) is 20.3 Å². The van der Waals surface area contributed by atoms with Gasteiger partial charge < -0.3 is 14.8 Å². The molecule has 0 aromatic carbocycles. The van der Waals surface area contributed by atoms with Gasteiger partial charge in [-0.25, -0.2) is 0 Å². The molecule has 0 saturated carbocycles. The van der Waals surface area contributed by atoms with E-state index in [9.17, 15) is 0 Å². The van der Waals surface area contributed by atoms with Gasteiger partial charge in [-0.3, -0.25) is 0 Å². The first-order valence-corrected chi connectivity index (χ1v) is 6.78. The summed E-state index contributed by atoms with van der Waals surface area (Å²) in [7, 11) is 0. The van der Waals surface area contributed by atoms with Crippen LogP contribution in [0.15, 0.2) is 23.9 Å². The number of dihydropyridines is 1. The van der Waals surface area contributed by atoms with Gasteiger partial charge in [-0.2, -0.15) is 0 Å². The van der Waals surface area contributed by atoms with Crippen molar-refractivity contribution in [2.45, 2.75) is 31.6 Å². The van der Waals surface area contributed by atoms with Crippen molar-refractivity contribution in [1.82, 2.24) is 5.32 Å². The van der Waals surface area contributed by atoms with Crippen molar-refractivity contribution >= 4 is 15.9 Å². The summed E-state index contributed by atoms with van der Waals surface area (Å²) in [5, 5.41) is 4.35. The highest BCUT2D eigenvalue weighted by Crippen LogP contribution is 2.33. The Labute approximate surface area is 105 Å². The zero-order valence-electron chi connectivity index (χ0n) is 9.75. The number of hydrogen-bond donors (Lipinski definition) is 1. The average molecular weight is 288 g/mol. The van der Waals surface area contributed by atoms with E-state index < -0.39 is 5.79 Å². The minimum absolute atomic E-state index is 0.0679. The van der Waals surface area contributed by atoms with Crippen LogP contribution in [0.4, 0.5) is 0 Å². The number of ether oxygens (including phenoxy) is 2. The summed E-state index contributed by atoms with van der Waals surface area (Å²) in [6.45, 7) is 5.56. The van der Waals surface area contributed by atoms with Crippen LogP contribution in [-0.4, -0.2) is 29.9 Å². The molecule has 2 aliphatic heterocycles. The van der Waals surface area contributed by atoms with E-state index in [-0.39, 0.29) is 5.54 Å². The first kappa shape index (κ1) is 12.1. The Morgan fingerprint density at radius 3 is 2.69 bits per heavy atom. The van der Waals surface area contributed by atoms with Crippen molar-refractivity contribution in [3.05, 3.63) is 23.9 Å². The number of halogens is 1. The summed E-state index contributed by atoms with van der Waals surface area (Å²) >= 11 is 3.52. The Morgan fingerprint density at radius 1 is 1.44 bits per heavy atom. The van der Waals surface area contributed by atoms with Gasteiger partial charge in [0.1, 0.15) is 0 Å². The largest absolute Gasteiger partial charge is 0.374 e. The fraction of sp³-hybridized carbons (Fsp3) is 0.667. The highest BCUT2D eigenvalue weighted by atomic mass is 79.9. The fourth-order valence-corrected chi connectivity index (χ4v) is 2.38. The molecule has 0 radical (unpaired) electrons. The molecule has 1 unspecified atom stereocenters. The third-order valence-electron chi connectivity index (χ3n) is 3.05. The lowest BCUT2D eigenvalue weighted by atomic mass is 9.97. The summed E-state index contributed by atoms with van der Waals surface area (Å²) in [4.78, 5) is 0. The van der Waals surface area contributed by atoms with E-state index in [0.717, 1.165) is 17.4 Å². The molecule has 1 atom stereocenters. The van der Waals surface area contributed by atoms with Crippen LogP contribution in [0.3, 0.4) is 0 Å². The Kier molecular flexibility index (Phi) is 3.42. The summed E-state index contributed by atoms with van der Waals surface area (Å²) in [6.07, 6.45) is 7.07. The molecule has 1 N–H and O–H groups in total. The zero-order valence-corrected chi connectivity index (χ0v) is 11.3. The lowest BCUT2D eigenvalue weighted by molar-refractivity contribution is -0.133. The molecule has 1 fully saturated rings. The van der Waals surface area contributed by atoms with E-state index in [1.54, 1.807) is 0 Å². The highest BCUT2D eigenvalue weighted by molar-refractivity contribution is 9.09. The predicted molar refractivity (Wildman–Crippen MR) is 67.5 cm³/mol. The van der Waals surface area contributed by atoms with E-state index in [0.29, 0.717) is 13.2 Å². The Bertz CT molecular complexity index is 321. The minimum Gasteiger partial charge on any atom is -0.374 e. The SMILES string of the molecule is CCC1(C2=CC=CC(C)(CBr)N2)OCCO1. The number of allylic oxidation sites excluding steroid dienone is 2. The first-order chi connectivity index (χ1) is 7.64. The molecule has 1 saturated heterocycles. The first-order valence-electron chi connectivity index (χ1n) is 5.66. The maximum atomic E-state index is 5.76. The zero-order chi connectivity index (χ0) is 11.6. The molecule has 2 heterocycles. The van der Waals surface area contributed by atoms with Gasteiger partial charge in [0.25, 0.3) is 0 Å². The lowest BCUT2D eigenvalue weighted by Crippen LogP contribution is -2.50. The molecule has 0 amide bonds. The highest BCUT2D eigenvalue weighted by Gasteiger charge is 2.41. The van der Waals surface area contributed by atoms with Gasteiger partial charge in [0, 0.05) is 11.8 Å². The van der Waals surface area contributed by atoms with Crippen molar-refractivity contribution in [1.29, 1.82) is 0 Å². The van der Waals surface area contributed by atoms with E-state index in [1.165, 1.54) is 0 Å². The summed E-state index contributed by atoms with van der Waals surface area (Å²) in [5.74, 6) is -0.561. The molecule has 0 spiro atoms. The van der Waals surface area contributed by atoms with Crippen molar-refractivity contribution in [3.63, 3.8) is 0 Å². The second-order valence-electron chi connectivity index (χ2n) is 4.42. The maximum absolute atomic E-state index is 5.76. The molecule has 0 aliphatic carbocycles. The summed E-state index contributed by atoms with van der Waals surface area (Å²) in [6, 6.07) is 0. The van der Waals surface area contributed by atoms with Gasteiger partial charge in [0.15, 0.2) is 0 Å². The van der Waals surface area contributed by atoms with Crippen LogP contribution in [0.2, 0.25) is 0 Å². The standard InChI is InChI=1S/C12H18BrNO2/c1-3-12(15-7-8-16-12)10-5-4-6-11(2,9-13)14-10/h4-6,14H,3,7-9H2,1-2H3. The predicted octanol–water partition coefficient (Wildman–Crippen LogP) is 2.34. The molecule has 90 valence electrons. The average Bonchev–Trinajstić information content (AvgIpc) is 2.79. The van der Waals surface area contributed by atoms with Crippen LogP contribution < -0.4 is 5.32 Å². The van der Waals surface area contributed by atoms with Crippen molar-refractivity contribution in [3.8, 4) is 0 Å². The lowest BCUT2D eigenvalue weighted by Gasteiger charge is -2.37. The molecule has 16 heavy (non-hydrogen) atoms. The van der Waals surface area contributed by atoms with Gasteiger partial charge >= 0.3 is 0 Å². The Hall–Kier alpha value is -0.320. The van der Waals surface area contributed by atoms with Gasteiger partial charge in [-0.1, -0.05) is 35.0 Å². The quantitative estimate of drug-likeness (QED) is 0.809. The van der Waals surface area contributed by atoms with Gasteiger partial charge in [-0.15, -0.1) is 0 Å². The maximum Gasteiger partial charge on any atom is 0.209 e. The Morgan fingerprint density at radius 2 is 2.12 bits per heavy atom. The van der Waals surface area contributed by atoms with Crippen molar-refractivity contribution in [2.24, 2.45) is 0 Å². The van der Waals surface area contributed by atoms with Crippen LogP contribution >= 0.6 is 15.9 Å². The smallest absolute Gasteiger partial charge is 0.209 e. The van der Waals surface area contributed by atoms with E-state index in [4.69, 9.17) is 9.47 Å². The molecule has 0 bridgehead atoms. The van der Waals surface area contributed by atoms with Gasteiger partial charge in [0.2, 0.25) is 5.79 Å². The normalized spacial score (nSPS) is 32.3. The molecule has 4 heteroatoms. The summed E-state index contributed by atoms with van der Waals surface area (Å²) < 4.78 is 11.5. The van der Waals surface area contributed by atoms with Crippen LogP contribution in [0.25, 0.3) is 0 Å².